The third kappa shape index (κ3) is 9.14. The van der Waals surface area contributed by atoms with Crippen LogP contribution in [0, 0.1) is 0 Å². The van der Waals surface area contributed by atoms with Crippen molar-refractivity contribution >= 4 is 14.7 Å². The molecule has 0 spiro atoms. The summed E-state index contributed by atoms with van der Waals surface area (Å²) in [7, 11) is -0.354. The number of carboxylic acids is 1. The van der Waals surface area contributed by atoms with Crippen LogP contribution in [0.1, 0.15) is 12.8 Å². The van der Waals surface area contributed by atoms with Crippen molar-refractivity contribution < 1.29 is 19.0 Å². The average Bonchev–Trinajstić information content (AvgIpc) is 2.04. The SMILES string of the molecule is NC(CC=CC(=O)O)CCOP=O. The maximum atomic E-state index is 10.0. The van der Waals surface area contributed by atoms with Crippen LogP contribution in [0.15, 0.2) is 12.2 Å². The molecule has 0 aliphatic heterocycles. The van der Waals surface area contributed by atoms with Crippen molar-refractivity contribution in [2.75, 3.05) is 6.61 Å². The van der Waals surface area contributed by atoms with Crippen LogP contribution in [0.3, 0.4) is 0 Å². The second-order valence-electron chi connectivity index (χ2n) is 2.43. The Morgan fingerprint density at radius 3 is 2.92 bits per heavy atom. The molecule has 0 aliphatic carbocycles. The van der Waals surface area contributed by atoms with Gasteiger partial charge in [-0.2, -0.15) is 0 Å². The van der Waals surface area contributed by atoms with Crippen molar-refractivity contribution in [3.63, 3.8) is 0 Å². The first-order chi connectivity index (χ1) is 6.16. The maximum absolute atomic E-state index is 10.0. The molecule has 1 atom stereocenters. The van der Waals surface area contributed by atoms with E-state index >= 15 is 0 Å². The molecule has 0 bridgehead atoms. The molecule has 74 valence electrons. The summed E-state index contributed by atoms with van der Waals surface area (Å²) in [5.41, 5.74) is 5.57. The van der Waals surface area contributed by atoms with Gasteiger partial charge >= 0.3 is 14.7 Å². The van der Waals surface area contributed by atoms with Crippen molar-refractivity contribution in [1.82, 2.24) is 0 Å². The number of nitrogens with two attached hydrogens (primary N) is 1. The fourth-order valence-corrected chi connectivity index (χ4v) is 0.883. The van der Waals surface area contributed by atoms with E-state index in [9.17, 15) is 9.36 Å². The average molecular weight is 205 g/mol. The maximum Gasteiger partial charge on any atom is 0.327 e. The lowest BCUT2D eigenvalue weighted by Gasteiger charge is -2.05. The highest BCUT2D eigenvalue weighted by molar-refractivity contribution is 7.17. The summed E-state index contributed by atoms with van der Waals surface area (Å²) in [5, 5.41) is 8.25. The first kappa shape index (κ1) is 12.2. The molecule has 5 nitrogen and oxygen atoms in total. The van der Waals surface area contributed by atoms with Crippen LogP contribution < -0.4 is 5.73 Å². The minimum atomic E-state index is -0.985. The van der Waals surface area contributed by atoms with E-state index < -0.39 is 5.97 Å². The molecule has 0 heterocycles. The first-order valence-corrected chi connectivity index (χ1v) is 4.49. The summed E-state index contributed by atoms with van der Waals surface area (Å²) in [4.78, 5) is 10.0. The summed E-state index contributed by atoms with van der Waals surface area (Å²) in [5.74, 6) is -0.985. The molecule has 0 aromatic carbocycles. The van der Waals surface area contributed by atoms with Crippen molar-refractivity contribution in [3.8, 4) is 0 Å². The monoisotopic (exact) mass is 205 g/mol. The lowest BCUT2D eigenvalue weighted by Crippen LogP contribution is -2.20. The quantitative estimate of drug-likeness (QED) is 0.367. The van der Waals surface area contributed by atoms with Crippen molar-refractivity contribution in [2.24, 2.45) is 5.73 Å². The summed E-state index contributed by atoms with van der Waals surface area (Å²) < 4.78 is 14.4. The van der Waals surface area contributed by atoms with Gasteiger partial charge in [-0.15, -0.1) is 0 Å². The number of rotatable bonds is 7. The Kier molecular flexibility index (Phi) is 7.39. The lowest BCUT2D eigenvalue weighted by molar-refractivity contribution is -0.131. The topological polar surface area (TPSA) is 89.6 Å². The van der Waals surface area contributed by atoms with Crippen molar-refractivity contribution in [1.29, 1.82) is 0 Å². The van der Waals surface area contributed by atoms with Crippen LogP contribution in [0.4, 0.5) is 0 Å². The smallest absolute Gasteiger partial charge is 0.327 e. The zero-order chi connectivity index (χ0) is 10.1. The Morgan fingerprint density at radius 2 is 2.38 bits per heavy atom. The van der Waals surface area contributed by atoms with E-state index in [2.05, 4.69) is 4.52 Å². The van der Waals surface area contributed by atoms with Gasteiger partial charge in [-0.05, 0) is 12.8 Å². The zero-order valence-electron chi connectivity index (χ0n) is 7.05. The second-order valence-corrected chi connectivity index (χ2v) is 2.84. The van der Waals surface area contributed by atoms with E-state index in [1.807, 2.05) is 0 Å². The summed E-state index contributed by atoms with van der Waals surface area (Å²) >= 11 is 0. The number of carbonyl (C=O) groups is 1. The summed E-state index contributed by atoms with van der Waals surface area (Å²) in [6.07, 6.45) is 3.57. The van der Waals surface area contributed by atoms with Gasteiger partial charge in [-0.3, -0.25) is 4.52 Å². The Bertz CT molecular complexity index is 195. The van der Waals surface area contributed by atoms with Crippen LogP contribution in [-0.2, 0) is 13.9 Å². The Labute approximate surface area is 77.9 Å². The van der Waals surface area contributed by atoms with E-state index in [0.717, 1.165) is 6.08 Å². The normalized spacial score (nSPS) is 13.6. The predicted octanol–water partition coefficient (Wildman–Crippen LogP) is 0.958. The highest BCUT2D eigenvalue weighted by Gasteiger charge is 1.99. The van der Waals surface area contributed by atoms with Gasteiger partial charge in [0.05, 0.1) is 6.61 Å². The number of hydrogen-bond donors (Lipinski definition) is 2. The zero-order valence-corrected chi connectivity index (χ0v) is 7.94. The fraction of sp³-hybridized carbons (Fsp3) is 0.571. The number of aliphatic carboxylic acids is 1. The van der Waals surface area contributed by atoms with Gasteiger partial charge in [-0.25, -0.2) is 9.36 Å². The van der Waals surface area contributed by atoms with E-state index in [1.54, 1.807) is 0 Å². The lowest BCUT2D eigenvalue weighted by atomic mass is 10.1. The Morgan fingerprint density at radius 1 is 1.69 bits per heavy atom. The molecule has 0 aliphatic rings. The third-order valence-corrected chi connectivity index (χ3v) is 1.62. The van der Waals surface area contributed by atoms with Crippen molar-refractivity contribution in [2.45, 2.75) is 18.9 Å². The van der Waals surface area contributed by atoms with E-state index in [0.29, 0.717) is 19.4 Å². The van der Waals surface area contributed by atoms with Gasteiger partial charge in [0.25, 0.3) is 0 Å². The van der Waals surface area contributed by atoms with Crippen LogP contribution >= 0.6 is 8.69 Å². The first-order valence-electron chi connectivity index (χ1n) is 3.76. The predicted molar refractivity (Wildman–Crippen MR) is 47.5 cm³/mol. The van der Waals surface area contributed by atoms with Crippen molar-refractivity contribution in [3.05, 3.63) is 12.2 Å². The summed E-state index contributed by atoms with van der Waals surface area (Å²) in [6, 6.07) is -0.155. The third-order valence-electron chi connectivity index (χ3n) is 1.33. The van der Waals surface area contributed by atoms with Crippen LogP contribution in [-0.4, -0.2) is 23.7 Å². The largest absolute Gasteiger partial charge is 0.478 e. The van der Waals surface area contributed by atoms with Gasteiger partial charge in [0.15, 0.2) is 0 Å². The van der Waals surface area contributed by atoms with Crippen LogP contribution in [0.2, 0.25) is 0 Å². The second kappa shape index (κ2) is 7.86. The molecule has 0 amide bonds. The summed E-state index contributed by atoms with van der Waals surface area (Å²) in [6.45, 7) is 0.313. The van der Waals surface area contributed by atoms with Crippen LogP contribution in [0.5, 0.6) is 0 Å². The molecule has 0 fully saturated rings. The van der Waals surface area contributed by atoms with Gasteiger partial charge in [0.1, 0.15) is 0 Å². The van der Waals surface area contributed by atoms with Gasteiger partial charge in [0.2, 0.25) is 0 Å². The highest BCUT2D eigenvalue weighted by Crippen LogP contribution is 2.01. The number of carboxylic acid groups (broad SMARTS) is 1. The molecule has 13 heavy (non-hydrogen) atoms. The molecule has 1 unspecified atom stereocenters. The van der Waals surface area contributed by atoms with E-state index in [1.165, 1.54) is 6.08 Å². The molecule has 3 N–H and O–H groups in total. The Balaban J connectivity index is 3.44. The van der Waals surface area contributed by atoms with E-state index in [-0.39, 0.29) is 14.7 Å². The minimum absolute atomic E-state index is 0.155. The fourth-order valence-electron chi connectivity index (χ4n) is 0.703. The molecule has 0 aromatic rings. The molecular weight excluding hydrogens is 193 g/mol. The van der Waals surface area contributed by atoms with Gasteiger partial charge < -0.3 is 10.8 Å². The molecule has 6 heteroatoms. The van der Waals surface area contributed by atoms with Gasteiger partial charge in [0, 0.05) is 12.1 Å². The number of hydrogen-bond acceptors (Lipinski definition) is 4. The molecule has 0 aromatic heterocycles. The van der Waals surface area contributed by atoms with E-state index in [4.69, 9.17) is 10.8 Å². The molecule has 0 saturated heterocycles. The molecule has 0 radical (unpaired) electrons. The standard InChI is InChI=1S/C7H12NO4P/c8-6(4-5-12-13-11)2-1-3-7(9)10/h1,3,6H,2,4-5,8H2,(H,9,10). The minimum Gasteiger partial charge on any atom is -0.478 e. The highest BCUT2D eigenvalue weighted by atomic mass is 31.1. The molecule has 0 rings (SSSR count). The van der Waals surface area contributed by atoms with Crippen LogP contribution in [0.25, 0.3) is 0 Å². The molecular formula is C7H12NO4P. The molecule has 0 saturated carbocycles. The van der Waals surface area contributed by atoms with Gasteiger partial charge in [-0.1, -0.05) is 6.08 Å². The Hall–Kier alpha value is -0.770.